The van der Waals surface area contributed by atoms with E-state index in [4.69, 9.17) is 0 Å². The second-order valence-corrected chi connectivity index (χ2v) is 7.24. The van der Waals surface area contributed by atoms with Crippen molar-refractivity contribution in [2.45, 2.75) is 39.2 Å². The van der Waals surface area contributed by atoms with Crippen LogP contribution >= 0.6 is 0 Å². The van der Waals surface area contributed by atoms with Crippen molar-refractivity contribution in [2.24, 2.45) is 11.8 Å². The molecule has 1 aliphatic rings. The van der Waals surface area contributed by atoms with Crippen LogP contribution in [0.1, 0.15) is 33.1 Å². The highest BCUT2D eigenvalue weighted by Gasteiger charge is 2.29. The Morgan fingerprint density at radius 3 is 2.38 bits per heavy atom. The van der Waals surface area contributed by atoms with Gasteiger partial charge in [-0.2, -0.15) is 0 Å². The molecule has 0 aromatic heterocycles. The van der Waals surface area contributed by atoms with E-state index in [9.17, 15) is 19.1 Å². The number of hydrogen-bond donors (Lipinski definition) is 3. The number of aliphatic hydroxyl groups is 1. The molecule has 1 fully saturated rings. The molecule has 0 radical (unpaired) electrons. The highest BCUT2D eigenvalue weighted by molar-refractivity contribution is 5.93. The van der Waals surface area contributed by atoms with Crippen LogP contribution in [-0.2, 0) is 4.79 Å². The van der Waals surface area contributed by atoms with E-state index in [-0.39, 0.29) is 30.2 Å². The Hall–Kier alpha value is -2.15. The van der Waals surface area contributed by atoms with E-state index >= 15 is 0 Å². The Morgan fingerprint density at radius 1 is 1.23 bits per heavy atom. The molecule has 1 heterocycles. The molecule has 1 aliphatic heterocycles. The van der Waals surface area contributed by atoms with Crippen molar-refractivity contribution in [1.29, 1.82) is 0 Å². The van der Waals surface area contributed by atoms with Crippen LogP contribution in [0.15, 0.2) is 24.3 Å². The number of hydrogen-bond acceptors (Lipinski definition) is 3. The van der Waals surface area contributed by atoms with Crippen molar-refractivity contribution in [3.8, 4) is 0 Å². The Kier molecular flexibility index (Phi) is 7.38. The maximum absolute atomic E-state index is 12.9. The van der Waals surface area contributed by atoms with Gasteiger partial charge in [-0.1, -0.05) is 13.8 Å². The van der Waals surface area contributed by atoms with Crippen LogP contribution in [0.3, 0.4) is 0 Å². The number of urea groups is 1. The maximum atomic E-state index is 12.9. The van der Waals surface area contributed by atoms with E-state index in [1.165, 1.54) is 24.3 Å². The topological polar surface area (TPSA) is 81.7 Å². The third-order valence-corrected chi connectivity index (χ3v) is 4.60. The third kappa shape index (κ3) is 5.98. The summed E-state index contributed by atoms with van der Waals surface area (Å²) in [4.78, 5) is 26.8. The number of rotatable bonds is 6. The molecule has 7 heteroatoms. The number of carbonyl (C=O) groups is 2. The summed E-state index contributed by atoms with van der Waals surface area (Å²) in [6.07, 6.45) is 2.09. The summed E-state index contributed by atoms with van der Waals surface area (Å²) in [5.41, 5.74) is 0.461. The fraction of sp³-hybridized carbons (Fsp3) is 0.579. The van der Waals surface area contributed by atoms with E-state index in [2.05, 4.69) is 10.6 Å². The van der Waals surface area contributed by atoms with Crippen LogP contribution in [0, 0.1) is 17.7 Å². The van der Waals surface area contributed by atoms with Gasteiger partial charge in [0.05, 0.1) is 0 Å². The lowest BCUT2D eigenvalue weighted by Gasteiger charge is -2.34. The van der Waals surface area contributed by atoms with Gasteiger partial charge in [-0.15, -0.1) is 0 Å². The SMILES string of the molecule is CC(C)C[C@@H](NC(=O)Nc1ccc(F)cc1)C(=O)N1CCC(CO)CC1. The molecule has 3 N–H and O–H groups in total. The number of anilines is 1. The number of amides is 3. The van der Waals surface area contributed by atoms with Crippen molar-refractivity contribution < 1.29 is 19.1 Å². The van der Waals surface area contributed by atoms with E-state index < -0.39 is 12.1 Å². The summed E-state index contributed by atoms with van der Waals surface area (Å²) < 4.78 is 12.9. The minimum absolute atomic E-state index is 0.0932. The zero-order valence-electron chi connectivity index (χ0n) is 15.4. The predicted molar refractivity (Wildman–Crippen MR) is 98.2 cm³/mol. The summed E-state index contributed by atoms with van der Waals surface area (Å²) >= 11 is 0. The van der Waals surface area contributed by atoms with Gasteiger partial charge in [-0.05, 0) is 55.4 Å². The van der Waals surface area contributed by atoms with E-state index in [1.807, 2.05) is 13.8 Å². The molecular formula is C19H28FN3O3. The summed E-state index contributed by atoms with van der Waals surface area (Å²) in [6.45, 7) is 5.34. The summed E-state index contributed by atoms with van der Waals surface area (Å²) in [7, 11) is 0. The Balaban J connectivity index is 1.96. The number of benzene rings is 1. The predicted octanol–water partition coefficient (Wildman–Crippen LogP) is 2.59. The molecule has 0 bridgehead atoms. The first-order chi connectivity index (χ1) is 12.4. The largest absolute Gasteiger partial charge is 0.396 e. The fourth-order valence-electron chi connectivity index (χ4n) is 3.11. The van der Waals surface area contributed by atoms with Crippen LogP contribution in [-0.4, -0.2) is 47.7 Å². The zero-order chi connectivity index (χ0) is 19.1. The van der Waals surface area contributed by atoms with E-state index in [0.29, 0.717) is 25.2 Å². The van der Waals surface area contributed by atoms with Crippen molar-refractivity contribution in [3.05, 3.63) is 30.1 Å². The third-order valence-electron chi connectivity index (χ3n) is 4.60. The second kappa shape index (κ2) is 9.52. The lowest BCUT2D eigenvalue weighted by molar-refractivity contribution is -0.135. The van der Waals surface area contributed by atoms with Crippen LogP contribution in [0.5, 0.6) is 0 Å². The molecule has 2 rings (SSSR count). The number of nitrogens with one attached hydrogen (secondary N) is 2. The molecule has 1 aromatic rings. The fourth-order valence-corrected chi connectivity index (χ4v) is 3.11. The number of halogens is 1. The molecule has 0 aliphatic carbocycles. The first-order valence-corrected chi connectivity index (χ1v) is 9.11. The number of carbonyl (C=O) groups excluding carboxylic acids is 2. The van der Waals surface area contributed by atoms with Crippen LogP contribution in [0.25, 0.3) is 0 Å². The second-order valence-electron chi connectivity index (χ2n) is 7.24. The van der Waals surface area contributed by atoms with Gasteiger partial charge in [-0.25, -0.2) is 9.18 Å². The molecule has 0 saturated carbocycles. The highest BCUT2D eigenvalue weighted by Crippen LogP contribution is 2.18. The summed E-state index contributed by atoms with van der Waals surface area (Å²) in [6, 6.07) is 4.36. The van der Waals surface area contributed by atoms with Gasteiger partial charge >= 0.3 is 6.03 Å². The molecule has 0 unspecified atom stereocenters. The van der Waals surface area contributed by atoms with Gasteiger partial charge in [0.15, 0.2) is 0 Å². The molecule has 1 aromatic carbocycles. The van der Waals surface area contributed by atoms with Crippen molar-refractivity contribution in [3.63, 3.8) is 0 Å². The molecule has 3 amide bonds. The number of piperidine rings is 1. The van der Waals surface area contributed by atoms with Gasteiger partial charge in [0, 0.05) is 25.4 Å². The Labute approximate surface area is 153 Å². The van der Waals surface area contributed by atoms with Crippen molar-refractivity contribution in [1.82, 2.24) is 10.2 Å². The van der Waals surface area contributed by atoms with E-state index in [1.54, 1.807) is 4.90 Å². The van der Waals surface area contributed by atoms with Gasteiger partial charge in [0.25, 0.3) is 0 Å². The van der Waals surface area contributed by atoms with Crippen LogP contribution in [0.2, 0.25) is 0 Å². The molecule has 1 atom stereocenters. The average molecular weight is 365 g/mol. The van der Waals surface area contributed by atoms with Gasteiger partial charge in [0.1, 0.15) is 11.9 Å². The quantitative estimate of drug-likeness (QED) is 0.725. The number of likely N-dealkylation sites (tertiary alicyclic amines) is 1. The smallest absolute Gasteiger partial charge is 0.319 e. The molecule has 6 nitrogen and oxygen atoms in total. The molecular weight excluding hydrogens is 337 g/mol. The van der Waals surface area contributed by atoms with E-state index in [0.717, 1.165) is 12.8 Å². The van der Waals surface area contributed by atoms with Gasteiger partial charge < -0.3 is 20.6 Å². The molecule has 144 valence electrons. The van der Waals surface area contributed by atoms with Crippen molar-refractivity contribution >= 4 is 17.6 Å². The Morgan fingerprint density at radius 2 is 1.85 bits per heavy atom. The highest BCUT2D eigenvalue weighted by atomic mass is 19.1. The van der Waals surface area contributed by atoms with Crippen LogP contribution in [0.4, 0.5) is 14.9 Å². The molecule has 1 saturated heterocycles. The van der Waals surface area contributed by atoms with Gasteiger partial charge in [0.2, 0.25) is 5.91 Å². The average Bonchev–Trinajstić information content (AvgIpc) is 2.62. The minimum atomic E-state index is -0.610. The lowest BCUT2D eigenvalue weighted by atomic mass is 9.96. The van der Waals surface area contributed by atoms with Crippen LogP contribution < -0.4 is 10.6 Å². The molecule has 26 heavy (non-hydrogen) atoms. The van der Waals surface area contributed by atoms with Crippen molar-refractivity contribution in [2.75, 3.05) is 25.0 Å². The zero-order valence-corrected chi connectivity index (χ0v) is 15.4. The minimum Gasteiger partial charge on any atom is -0.396 e. The molecule has 0 spiro atoms. The normalized spacial score (nSPS) is 16.4. The first-order valence-electron chi connectivity index (χ1n) is 9.11. The standard InChI is InChI=1S/C19H28FN3O3/c1-13(2)11-17(18(25)23-9-7-14(12-24)8-10-23)22-19(26)21-16-5-3-15(20)4-6-16/h3-6,13-14,17,24H,7-12H2,1-2H3,(H2,21,22,26)/t17-/m1/s1. The Bertz CT molecular complexity index is 599. The lowest BCUT2D eigenvalue weighted by Crippen LogP contribution is -2.52. The summed E-state index contributed by atoms with van der Waals surface area (Å²) in [5.74, 6) is 0.0156. The van der Waals surface area contributed by atoms with Gasteiger partial charge in [-0.3, -0.25) is 4.79 Å². The number of aliphatic hydroxyl groups excluding tert-OH is 1. The number of nitrogens with zero attached hydrogens (tertiary/aromatic N) is 1. The first kappa shape index (κ1) is 20.2. The monoisotopic (exact) mass is 365 g/mol. The maximum Gasteiger partial charge on any atom is 0.319 e. The summed E-state index contributed by atoms with van der Waals surface area (Å²) in [5, 5.41) is 14.6.